The number of aliphatic hydroxyl groups is 1. The molecule has 2 atom stereocenters. The highest BCUT2D eigenvalue weighted by molar-refractivity contribution is 6.62. The molecule has 8 heteroatoms. The smallest absolute Gasteiger partial charge is 0.472 e. The minimum absolute atomic E-state index is 0.128. The van der Waals surface area contributed by atoms with Gasteiger partial charge in [-0.25, -0.2) is 0 Å². The molecule has 1 amide bonds. The van der Waals surface area contributed by atoms with Gasteiger partial charge < -0.3 is 23.9 Å². The van der Waals surface area contributed by atoms with E-state index in [0.29, 0.717) is 24.3 Å². The van der Waals surface area contributed by atoms with E-state index in [-0.39, 0.29) is 25.3 Å². The summed E-state index contributed by atoms with van der Waals surface area (Å²) < 4.78 is 23.5. The van der Waals surface area contributed by atoms with E-state index in [9.17, 15) is 9.90 Å². The van der Waals surface area contributed by atoms with E-state index in [2.05, 4.69) is 0 Å². The van der Waals surface area contributed by atoms with Gasteiger partial charge in [0.25, 0.3) is 5.91 Å². The standard InChI is InChI=1S/C20H28BNO6/c1-12-8-17-13(9-14(12)21-27-19(2,3)20(4,5)28-21)18(24)22(11-26-17)15-6-7-25-10-16(15)23/h8-9,15-16,23H,6-7,10-11H2,1-5H3/t15-,16-/m0/s1. The summed E-state index contributed by atoms with van der Waals surface area (Å²) >= 11 is 0. The molecule has 0 unspecified atom stereocenters. The first-order chi connectivity index (χ1) is 13.1. The van der Waals surface area contributed by atoms with Crippen molar-refractivity contribution in [1.82, 2.24) is 4.90 Å². The number of benzene rings is 1. The monoisotopic (exact) mass is 389 g/mol. The van der Waals surface area contributed by atoms with Gasteiger partial charge in [0, 0.05) is 6.61 Å². The predicted molar refractivity (Wildman–Crippen MR) is 104 cm³/mol. The van der Waals surface area contributed by atoms with Crippen LogP contribution in [-0.4, -0.2) is 66.3 Å². The number of carbonyl (C=O) groups excluding carboxylic acids is 1. The van der Waals surface area contributed by atoms with Crippen LogP contribution in [0.25, 0.3) is 0 Å². The minimum Gasteiger partial charge on any atom is -0.472 e. The summed E-state index contributed by atoms with van der Waals surface area (Å²) in [4.78, 5) is 14.8. The molecule has 3 heterocycles. The predicted octanol–water partition coefficient (Wildman–Crippen LogP) is 1.24. The number of aliphatic hydroxyl groups excluding tert-OH is 1. The first kappa shape index (κ1) is 19.7. The molecule has 0 aliphatic carbocycles. The molecule has 1 aromatic rings. The van der Waals surface area contributed by atoms with Crippen LogP contribution >= 0.6 is 0 Å². The third-order valence-electron chi connectivity index (χ3n) is 6.42. The first-order valence-corrected chi connectivity index (χ1v) is 9.80. The van der Waals surface area contributed by atoms with Crippen molar-refractivity contribution in [1.29, 1.82) is 0 Å². The van der Waals surface area contributed by atoms with Crippen molar-refractivity contribution in [2.75, 3.05) is 19.9 Å². The van der Waals surface area contributed by atoms with Gasteiger partial charge in [-0.05, 0) is 64.2 Å². The number of carbonyl (C=O) groups is 1. The molecule has 0 aromatic heterocycles. The zero-order valence-electron chi connectivity index (χ0n) is 17.2. The van der Waals surface area contributed by atoms with Crippen LogP contribution in [0.1, 0.15) is 50.0 Å². The highest BCUT2D eigenvalue weighted by Gasteiger charge is 2.52. The SMILES string of the molecule is Cc1cc2c(cc1B1OC(C)(C)C(C)(C)O1)C(=O)N([C@H]1CCOC[C@@H]1O)CO2. The minimum atomic E-state index is -0.712. The van der Waals surface area contributed by atoms with Gasteiger partial charge in [0.15, 0.2) is 6.73 Å². The van der Waals surface area contributed by atoms with Crippen LogP contribution in [0, 0.1) is 6.92 Å². The van der Waals surface area contributed by atoms with Crippen LogP contribution in [0.2, 0.25) is 0 Å². The third-order valence-corrected chi connectivity index (χ3v) is 6.42. The van der Waals surface area contributed by atoms with Crippen molar-refractivity contribution in [3.05, 3.63) is 23.3 Å². The zero-order valence-corrected chi connectivity index (χ0v) is 17.2. The van der Waals surface area contributed by atoms with Crippen LogP contribution in [0.4, 0.5) is 0 Å². The van der Waals surface area contributed by atoms with Gasteiger partial charge >= 0.3 is 7.12 Å². The molecule has 0 bridgehead atoms. The van der Waals surface area contributed by atoms with Gasteiger partial charge in [-0.2, -0.15) is 0 Å². The molecule has 0 radical (unpaired) electrons. The first-order valence-electron chi connectivity index (χ1n) is 9.80. The molecule has 3 aliphatic heterocycles. The number of hydrogen-bond acceptors (Lipinski definition) is 6. The second-order valence-corrected chi connectivity index (χ2v) is 8.84. The van der Waals surface area contributed by atoms with Crippen LogP contribution < -0.4 is 10.2 Å². The van der Waals surface area contributed by atoms with Gasteiger partial charge in [-0.15, -0.1) is 0 Å². The molecule has 4 rings (SSSR count). The highest BCUT2D eigenvalue weighted by atomic mass is 16.7. The van der Waals surface area contributed by atoms with Crippen molar-refractivity contribution < 1.29 is 28.7 Å². The lowest BCUT2D eigenvalue weighted by atomic mass is 9.75. The highest BCUT2D eigenvalue weighted by Crippen LogP contribution is 2.37. The third kappa shape index (κ3) is 3.12. The van der Waals surface area contributed by atoms with Crippen molar-refractivity contribution in [3.8, 4) is 5.75 Å². The van der Waals surface area contributed by atoms with Crippen LogP contribution in [0.15, 0.2) is 12.1 Å². The topological polar surface area (TPSA) is 77.5 Å². The lowest BCUT2D eigenvalue weighted by Gasteiger charge is -2.39. The quantitative estimate of drug-likeness (QED) is 0.767. The molecule has 2 fully saturated rings. The fourth-order valence-electron chi connectivity index (χ4n) is 3.88. The maximum Gasteiger partial charge on any atom is 0.495 e. The van der Waals surface area contributed by atoms with Crippen molar-refractivity contribution in [2.45, 2.75) is 64.4 Å². The lowest BCUT2D eigenvalue weighted by molar-refractivity contribution is -0.0713. The van der Waals surface area contributed by atoms with Gasteiger partial charge in [0.1, 0.15) is 5.75 Å². The zero-order chi connectivity index (χ0) is 20.3. The Kier molecular flexibility index (Phi) is 4.73. The average molecular weight is 389 g/mol. The average Bonchev–Trinajstić information content (AvgIpc) is 2.83. The molecule has 152 valence electrons. The Bertz CT molecular complexity index is 779. The molecule has 28 heavy (non-hydrogen) atoms. The van der Waals surface area contributed by atoms with Crippen LogP contribution in [0.3, 0.4) is 0 Å². The number of rotatable bonds is 2. The number of nitrogens with zero attached hydrogens (tertiary/aromatic N) is 1. The maximum atomic E-state index is 13.2. The van der Waals surface area contributed by atoms with Gasteiger partial charge in [-0.3, -0.25) is 9.69 Å². The lowest BCUT2D eigenvalue weighted by Crippen LogP contribution is -2.54. The Labute approximate surface area is 166 Å². The van der Waals surface area contributed by atoms with Gasteiger partial charge in [0.05, 0.1) is 35.5 Å². The number of amides is 1. The fraction of sp³-hybridized carbons (Fsp3) is 0.650. The molecular weight excluding hydrogens is 361 g/mol. The second-order valence-electron chi connectivity index (χ2n) is 8.84. The fourth-order valence-corrected chi connectivity index (χ4v) is 3.88. The molecule has 0 saturated carbocycles. The summed E-state index contributed by atoms with van der Waals surface area (Å²) in [5, 5.41) is 10.3. The molecule has 3 aliphatic rings. The Morgan fingerprint density at radius 2 is 1.86 bits per heavy atom. The van der Waals surface area contributed by atoms with Gasteiger partial charge in [-0.1, -0.05) is 0 Å². The normalized spacial score (nSPS) is 28.9. The van der Waals surface area contributed by atoms with Crippen LogP contribution in [0.5, 0.6) is 5.75 Å². The summed E-state index contributed by atoms with van der Waals surface area (Å²) in [5.74, 6) is 0.408. The molecule has 7 nitrogen and oxygen atoms in total. The van der Waals surface area contributed by atoms with Gasteiger partial charge in [0.2, 0.25) is 0 Å². The van der Waals surface area contributed by atoms with Crippen molar-refractivity contribution in [3.63, 3.8) is 0 Å². The molecular formula is C20H28BNO6. The summed E-state index contributed by atoms with van der Waals surface area (Å²) in [5.41, 5.74) is 1.32. The van der Waals surface area contributed by atoms with E-state index in [1.165, 1.54) is 0 Å². The summed E-state index contributed by atoms with van der Waals surface area (Å²) in [6.07, 6.45) is -0.127. The molecule has 0 spiro atoms. The van der Waals surface area contributed by atoms with E-state index in [1.54, 1.807) is 4.90 Å². The maximum absolute atomic E-state index is 13.2. The van der Waals surface area contributed by atoms with E-state index < -0.39 is 24.4 Å². The summed E-state index contributed by atoms with van der Waals surface area (Å²) in [7, 11) is -0.549. The second kappa shape index (κ2) is 6.73. The molecule has 1 N–H and O–H groups in total. The molecule has 2 saturated heterocycles. The number of hydrogen-bond donors (Lipinski definition) is 1. The largest absolute Gasteiger partial charge is 0.495 e. The van der Waals surface area contributed by atoms with E-state index >= 15 is 0 Å². The Balaban J connectivity index is 1.65. The summed E-state index contributed by atoms with van der Waals surface area (Å²) in [6, 6.07) is 3.37. The van der Waals surface area contributed by atoms with E-state index in [4.69, 9.17) is 18.8 Å². The summed E-state index contributed by atoms with van der Waals surface area (Å²) in [6.45, 7) is 10.9. The number of fused-ring (bicyclic) bond motifs is 1. The van der Waals surface area contributed by atoms with E-state index in [0.717, 1.165) is 11.0 Å². The Hall–Kier alpha value is -1.61. The Morgan fingerprint density at radius 1 is 1.18 bits per heavy atom. The van der Waals surface area contributed by atoms with Crippen molar-refractivity contribution >= 4 is 18.5 Å². The van der Waals surface area contributed by atoms with E-state index in [1.807, 2.05) is 46.8 Å². The number of aryl methyl sites for hydroxylation is 1. The number of ether oxygens (including phenoxy) is 2. The van der Waals surface area contributed by atoms with Crippen molar-refractivity contribution in [2.24, 2.45) is 0 Å². The molecule has 1 aromatic carbocycles. The van der Waals surface area contributed by atoms with Crippen LogP contribution in [-0.2, 0) is 14.0 Å². The Morgan fingerprint density at radius 3 is 2.50 bits per heavy atom.